The number of hydrazone groups is 1. The molecular formula is C23H27N3O4S. The highest BCUT2D eigenvalue weighted by molar-refractivity contribution is 7.12. The molecule has 0 saturated carbocycles. The van der Waals surface area contributed by atoms with Crippen molar-refractivity contribution >= 4 is 23.1 Å². The number of carbonyl (C=O) groups is 1. The fourth-order valence-corrected chi connectivity index (χ4v) is 5.44. The van der Waals surface area contributed by atoms with Gasteiger partial charge in [-0.15, -0.1) is 11.3 Å². The quantitative estimate of drug-likeness (QED) is 0.692. The van der Waals surface area contributed by atoms with Crippen molar-refractivity contribution in [2.24, 2.45) is 5.10 Å². The molecule has 7 nitrogen and oxygen atoms in total. The summed E-state index contributed by atoms with van der Waals surface area (Å²) in [7, 11) is 0. The molecule has 2 aromatic rings. The highest BCUT2D eigenvalue weighted by Crippen LogP contribution is 2.52. The van der Waals surface area contributed by atoms with E-state index in [4.69, 9.17) is 19.3 Å². The van der Waals surface area contributed by atoms with Gasteiger partial charge in [-0.2, -0.15) is 5.10 Å². The predicted molar refractivity (Wildman–Crippen MR) is 119 cm³/mol. The number of nitrogens with zero attached hydrogens (tertiary/aromatic N) is 3. The van der Waals surface area contributed by atoms with Gasteiger partial charge in [0.1, 0.15) is 0 Å². The van der Waals surface area contributed by atoms with E-state index in [0.717, 1.165) is 29.2 Å². The lowest BCUT2D eigenvalue weighted by molar-refractivity contribution is -0.148. The van der Waals surface area contributed by atoms with Crippen molar-refractivity contribution in [2.45, 2.75) is 44.9 Å². The second kappa shape index (κ2) is 8.07. The minimum absolute atomic E-state index is 0.0930. The summed E-state index contributed by atoms with van der Waals surface area (Å²) in [5.41, 5.74) is 1.59. The van der Waals surface area contributed by atoms with Gasteiger partial charge in [0.15, 0.2) is 11.5 Å². The summed E-state index contributed by atoms with van der Waals surface area (Å²) in [6.07, 6.45) is 1.88. The van der Waals surface area contributed by atoms with Crippen molar-refractivity contribution in [3.8, 4) is 11.5 Å². The van der Waals surface area contributed by atoms with Gasteiger partial charge in [0.25, 0.3) is 0 Å². The molecule has 4 heterocycles. The highest BCUT2D eigenvalue weighted by Gasteiger charge is 2.53. The molecule has 1 unspecified atom stereocenters. The first kappa shape index (κ1) is 20.2. The van der Waals surface area contributed by atoms with Crippen molar-refractivity contribution in [2.75, 3.05) is 26.3 Å². The molecule has 8 heteroatoms. The number of thiophene rings is 1. The lowest BCUT2D eigenvalue weighted by atomic mass is 9.91. The molecule has 0 radical (unpaired) electrons. The van der Waals surface area contributed by atoms with Crippen LogP contribution in [0.25, 0.3) is 0 Å². The standard InChI is InChI=1S/C23H27N3O4S/c1-3-28-19-8-5-7-16-18-15-17(20-9-6-14-31-20)24-26(18)23(30-21(16)19)10-12-25(13-11-23)22(27)29-4-2/h5-9,14,18H,3-4,10-13,15H2,1-2H3. The SMILES string of the molecule is CCOC(=O)N1CCC2(CC1)Oc1c(OCC)cccc1C1CC(c3cccs3)=NN12. The molecule has 3 aliphatic rings. The van der Waals surface area contributed by atoms with Gasteiger partial charge in [0.05, 0.1) is 29.8 Å². The van der Waals surface area contributed by atoms with Gasteiger partial charge in [-0.25, -0.2) is 9.80 Å². The Kier molecular flexibility index (Phi) is 5.25. The molecule has 31 heavy (non-hydrogen) atoms. The van der Waals surface area contributed by atoms with E-state index in [2.05, 4.69) is 28.6 Å². The highest BCUT2D eigenvalue weighted by atomic mass is 32.1. The monoisotopic (exact) mass is 441 g/mol. The Morgan fingerprint density at radius 3 is 2.77 bits per heavy atom. The maximum Gasteiger partial charge on any atom is 0.409 e. The summed E-state index contributed by atoms with van der Waals surface area (Å²) in [6, 6.07) is 10.4. The Balaban J connectivity index is 1.51. The smallest absolute Gasteiger partial charge is 0.409 e. The van der Waals surface area contributed by atoms with Crippen LogP contribution in [-0.4, -0.2) is 53.7 Å². The number of para-hydroxylation sites is 1. The van der Waals surface area contributed by atoms with Gasteiger partial charge in [-0.1, -0.05) is 18.2 Å². The maximum atomic E-state index is 12.2. The molecule has 164 valence electrons. The van der Waals surface area contributed by atoms with Crippen LogP contribution in [0.4, 0.5) is 4.79 Å². The van der Waals surface area contributed by atoms with Crippen LogP contribution in [0, 0.1) is 0 Å². The number of ether oxygens (including phenoxy) is 3. The zero-order valence-electron chi connectivity index (χ0n) is 17.9. The number of likely N-dealkylation sites (tertiary alicyclic amines) is 1. The third-order valence-electron chi connectivity index (χ3n) is 6.16. The van der Waals surface area contributed by atoms with Crippen LogP contribution in [0.3, 0.4) is 0 Å². The summed E-state index contributed by atoms with van der Waals surface area (Å²) in [4.78, 5) is 15.2. The van der Waals surface area contributed by atoms with E-state index in [9.17, 15) is 4.79 Å². The Hall–Kier alpha value is -2.74. The fraction of sp³-hybridized carbons (Fsp3) is 0.478. The third-order valence-corrected chi connectivity index (χ3v) is 7.08. The number of carbonyl (C=O) groups excluding carboxylic acids is 1. The van der Waals surface area contributed by atoms with Gasteiger partial charge < -0.3 is 19.1 Å². The Morgan fingerprint density at radius 1 is 1.23 bits per heavy atom. The van der Waals surface area contributed by atoms with Crippen LogP contribution in [0.5, 0.6) is 11.5 Å². The first-order valence-electron chi connectivity index (χ1n) is 10.9. The number of amides is 1. The average Bonchev–Trinajstić information content (AvgIpc) is 3.46. The first-order chi connectivity index (χ1) is 15.1. The first-order valence-corrected chi connectivity index (χ1v) is 11.8. The summed E-state index contributed by atoms with van der Waals surface area (Å²) < 4.78 is 17.8. The molecule has 3 aliphatic heterocycles. The zero-order valence-corrected chi connectivity index (χ0v) is 18.7. The van der Waals surface area contributed by atoms with Gasteiger partial charge in [-0.05, 0) is 31.4 Å². The topological polar surface area (TPSA) is 63.6 Å². The number of rotatable bonds is 4. The molecular weight excluding hydrogens is 414 g/mol. The molecule has 1 atom stereocenters. The molecule has 5 rings (SSSR count). The van der Waals surface area contributed by atoms with E-state index >= 15 is 0 Å². The van der Waals surface area contributed by atoms with Crippen LogP contribution in [-0.2, 0) is 4.74 Å². The molecule has 1 spiro atoms. The largest absolute Gasteiger partial charge is 0.490 e. The molecule has 0 aliphatic carbocycles. The molecule has 1 fully saturated rings. The van der Waals surface area contributed by atoms with Crippen molar-refractivity contribution in [1.29, 1.82) is 0 Å². The van der Waals surface area contributed by atoms with Gasteiger partial charge in [0, 0.05) is 37.9 Å². The van der Waals surface area contributed by atoms with Crippen molar-refractivity contribution in [3.05, 3.63) is 46.2 Å². The fourth-order valence-electron chi connectivity index (χ4n) is 4.71. The summed E-state index contributed by atoms with van der Waals surface area (Å²) in [5.74, 6) is 1.59. The van der Waals surface area contributed by atoms with E-state index in [1.54, 1.807) is 16.2 Å². The van der Waals surface area contributed by atoms with E-state index in [1.165, 1.54) is 4.88 Å². The molecule has 1 amide bonds. The van der Waals surface area contributed by atoms with Crippen LogP contribution < -0.4 is 9.47 Å². The van der Waals surface area contributed by atoms with Crippen LogP contribution in [0.2, 0.25) is 0 Å². The molecule has 1 aromatic heterocycles. The maximum absolute atomic E-state index is 12.2. The van der Waals surface area contributed by atoms with Gasteiger partial charge in [-0.3, -0.25) is 0 Å². The molecule has 0 N–H and O–H groups in total. The third kappa shape index (κ3) is 3.43. The second-order valence-electron chi connectivity index (χ2n) is 7.93. The zero-order chi connectivity index (χ0) is 21.4. The minimum atomic E-state index is -0.604. The molecule has 1 aromatic carbocycles. The van der Waals surface area contributed by atoms with Crippen molar-refractivity contribution in [3.63, 3.8) is 0 Å². The van der Waals surface area contributed by atoms with Crippen LogP contribution >= 0.6 is 11.3 Å². The number of hydrogen-bond acceptors (Lipinski definition) is 7. The summed E-state index contributed by atoms with van der Waals surface area (Å²) in [6.45, 7) is 5.90. The lowest BCUT2D eigenvalue weighted by Gasteiger charge is -2.51. The molecule has 0 bridgehead atoms. The number of hydrogen-bond donors (Lipinski definition) is 0. The Bertz CT molecular complexity index is 983. The Morgan fingerprint density at radius 2 is 2.06 bits per heavy atom. The van der Waals surface area contributed by atoms with Crippen molar-refractivity contribution in [1.82, 2.24) is 9.91 Å². The summed E-state index contributed by atoms with van der Waals surface area (Å²) >= 11 is 1.71. The van der Waals surface area contributed by atoms with Gasteiger partial charge >= 0.3 is 6.09 Å². The average molecular weight is 442 g/mol. The van der Waals surface area contributed by atoms with Gasteiger partial charge in [0.2, 0.25) is 5.72 Å². The van der Waals surface area contributed by atoms with Crippen molar-refractivity contribution < 1.29 is 19.0 Å². The minimum Gasteiger partial charge on any atom is -0.490 e. The normalized spacial score (nSPS) is 21.2. The predicted octanol–water partition coefficient (Wildman–Crippen LogP) is 4.64. The van der Waals surface area contributed by atoms with E-state index < -0.39 is 5.72 Å². The van der Waals surface area contributed by atoms with E-state index in [-0.39, 0.29) is 12.1 Å². The second-order valence-corrected chi connectivity index (χ2v) is 8.88. The van der Waals surface area contributed by atoms with E-state index in [1.807, 2.05) is 26.0 Å². The number of fused-ring (bicyclic) bond motifs is 4. The lowest BCUT2D eigenvalue weighted by Crippen LogP contribution is -2.59. The van der Waals surface area contributed by atoms with Crippen LogP contribution in [0.15, 0.2) is 40.8 Å². The van der Waals surface area contributed by atoms with E-state index in [0.29, 0.717) is 39.1 Å². The number of piperidine rings is 1. The van der Waals surface area contributed by atoms with Crippen LogP contribution in [0.1, 0.15) is 49.6 Å². The summed E-state index contributed by atoms with van der Waals surface area (Å²) in [5, 5.41) is 9.31. The Labute approximate surface area is 186 Å². The molecule has 1 saturated heterocycles. The number of benzene rings is 1.